The second-order valence-corrected chi connectivity index (χ2v) is 6.32. The molecule has 2 aromatic carbocycles. The molecule has 150 valence electrons. The minimum atomic E-state index is -0.822. The van der Waals surface area contributed by atoms with Gasteiger partial charge in [-0.15, -0.1) is 0 Å². The number of hydrogen-bond donors (Lipinski definition) is 1. The Labute approximate surface area is 170 Å². The highest BCUT2D eigenvalue weighted by Crippen LogP contribution is 2.27. The van der Waals surface area contributed by atoms with Crippen LogP contribution >= 0.6 is 11.6 Å². The summed E-state index contributed by atoms with van der Waals surface area (Å²) in [5.74, 6) is 0.238. The monoisotopic (exact) mass is 416 g/mol. The molecule has 0 radical (unpaired) electrons. The van der Waals surface area contributed by atoms with Crippen LogP contribution in [0.15, 0.2) is 52.1 Å². The molecule has 3 rings (SSSR count). The molecule has 3 aromatic rings. The molecule has 0 saturated heterocycles. The molecule has 1 aromatic heterocycles. The highest BCUT2D eigenvalue weighted by molar-refractivity contribution is 6.32. The normalized spacial score (nSPS) is 10.5. The molecular formula is C19H17ClN4O5. The lowest BCUT2D eigenvalue weighted by molar-refractivity contribution is 0.101. The standard InChI is InChI=1S/C19H17ClN4O5/c1-23-18(26)16(17(25)21-11-4-9-15(29-3)14(20)10-11)22-24(19(23)27)12-5-7-13(28-2)8-6-12/h4-10H,1-3H3,(H,21,25). The number of amides is 1. The molecule has 0 bridgehead atoms. The first-order valence-electron chi connectivity index (χ1n) is 8.35. The van der Waals surface area contributed by atoms with Crippen molar-refractivity contribution >= 4 is 23.2 Å². The minimum absolute atomic E-state index is 0.286. The highest BCUT2D eigenvalue weighted by Gasteiger charge is 2.19. The number of nitrogens with one attached hydrogen (secondary N) is 1. The third-order valence-corrected chi connectivity index (χ3v) is 4.41. The quantitative estimate of drug-likeness (QED) is 0.680. The van der Waals surface area contributed by atoms with E-state index in [-0.39, 0.29) is 5.02 Å². The smallest absolute Gasteiger partial charge is 0.351 e. The largest absolute Gasteiger partial charge is 0.497 e. The van der Waals surface area contributed by atoms with Crippen LogP contribution in [-0.4, -0.2) is 34.5 Å². The van der Waals surface area contributed by atoms with Crippen LogP contribution in [-0.2, 0) is 7.05 Å². The van der Waals surface area contributed by atoms with Crippen molar-refractivity contribution in [1.82, 2.24) is 14.3 Å². The Morgan fingerprint density at radius 3 is 2.34 bits per heavy atom. The van der Waals surface area contributed by atoms with Crippen LogP contribution in [0.4, 0.5) is 5.69 Å². The summed E-state index contributed by atoms with van der Waals surface area (Å²) in [6, 6.07) is 11.0. The van der Waals surface area contributed by atoms with Crippen LogP contribution in [0.2, 0.25) is 5.02 Å². The van der Waals surface area contributed by atoms with Gasteiger partial charge < -0.3 is 14.8 Å². The maximum Gasteiger partial charge on any atom is 0.351 e. The van der Waals surface area contributed by atoms with Crippen molar-refractivity contribution in [3.05, 3.63) is 74.0 Å². The van der Waals surface area contributed by atoms with Gasteiger partial charge in [0.05, 0.1) is 24.9 Å². The molecule has 0 saturated carbocycles. The number of rotatable bonds is 5. The molecule has 0 fully saturated rings. The summed E-state index contributed by atoms with van der Waals surface area (Å²) in [5, 5.41) is 6.80. The van der Waals surface area contributed by atoms with Crippen LogP contribution in [0.1, 0.15) is 10.5 Å². The molecule has 1 N–H and O–H groups in total. The van der Waals surface area contributed by atoms with Crippen LogP contribution in [0.3, 0.4) is 0 Å². The predicted molar refractivity (Wildman–Crippen MR) is 108 cm³/mol. The van der Waals surface area contributed by atoms with Gasteiger partial charge in [-0.2, -0.15) is 9.78 Å². The third-order valence-electron chi connectivity index (χ3n) is 4.12. The number of carbonyl (C=O) groups excluding carboxylic acids is 1. The van der Waals surface area contributed by atoms with Crippen molar-refractivity contribution in [3.8, 4) is 17.2 Å². The van der Waals surface area contributed by atoms with E-state index in [9.17, 15) is 14.4 Å². The summed E-state index contributed by atoms with van der Waals surface area (Å²) < 4.78 is 11.9. The van der Waals surface area contributed by atoms with Crippen molar-refractivity contribution in [3.63, 3.8) is 0 Å². The second kappa shape index (κ2) is 8.19. The van der Waals surface area contributed by atoms with Gasteiger partial charge in [-0.25, -0.2) is 4.79 Å². The van der Waals surface area contributed by atoms with E-state index >= 15 is 0 Å². The molecule has 10 heteroatoms. The molecule has 0 aliphatic carbocycles. The Morgan fingerprint density at radius 1 is 1.07 bits per heavy atom. The zero-order valence-electron chi connectivity index (χ0n) is 15.8. The lowest BCUT2D eigenvalue weighted by Gasteiger charge is -2.11. The van der Waals surface area contributed by atoms with Gasteiger partial charge in [0.2, 0.25) is 5.69 Å². The maximum absolute atomic E-state index is 12.7. The molecule has 0 atom stereocenters. The number of ether oxygens (including phenoxy) is 2. The highest BCUT2D eigenvalue weighted by atomic mass is 35.5. The van der Waals surface area contributed by atoms with E-state index in [0.29, 0.717) is 22.9 Å². The Bertz CT molecular complexity index is 1180. The van der Waals surface area contributed by atoms with Crippen LogP contribution in [0.5, 0.6) is 11.5 Å². The second-order valence-electron chi connectivity index (χ2n) is 5.91. The summed E-state index contributed by atoms with van der Waals surface area (Å²) in [6.07, 6.45) is 0. The fourth-order valence-electron chi connectivity index (χ4n) is 2.54. The minimum Gasteiger partial charge on any atom is -0.497 e. The van der Waals surface area contributed by atoms with Crippen molar-refractivity contribution in [2.45, 2.75) is 0 Å². The van der Waals surface area contributed by atoms with Gasteiger partial charge >= 0.3 is 5.69 Å². The van der Waals surface area contributed by atoms with Gasteiger partial charge in [-0.05, 0) is 42.5 Å². The van der Waals surface area contributed by atoms with Crippen LogP contribution < -0.4 is 26.0 Å². The van der Waals surface area contributed by atoms with E-state index in [1.807, 2.05) is 0 Å². The zero-order chi connectivity index (χ0) is 21.1. The van der Waals surface area contributed by atoms with Gasteiger partial charge in [-0.3, -0.25) is 14.2 Å². The van der Waals surface area contributed by atoms with E-state index < -0.39 is 22.9 Å². The first kappa shape index (κ1) is 20.2. The average molecular weight is 417 g/mol. The van der Waals surface area contributed by atoms with Crippen molar-refractivity contribution in [1.29, 1.82) is 0 Å². The van der Waals surface area contributed by atoms with Gasteiger partial charge in [0.15, 0.2) is 0 Å². The number of nitrogens with zero attached hydrogens (tertiary/aromatic N) is 3. The predicted octanol–water partition coefficient (Wildman–Crippen LogP) is 1.85. The summed E-state index contributed by atoms with van der Waals surface area (Å²) in [7, 11) is 4.25. The molecule has 0 spiro atoms. The van der Waals surface area contributed by atoms with Gasteiger partial charge in [0.25, 0.3) is 11.5 Å². The first-order chi connectivity index (χ1) is 13.8. The fraction of sp³-hybridized carbons (Fsp3) is 0.158. The molecule has 0 aliphatic heterocycles. The Kier molecular flexibility index (Phi) is 5.69. The van der Waals surface area contributed by atoms with Gasteiger partial charge in [0.1, 0.15) is 11.5 Å². The average Bonchev–Trinajstić information content (AvgIpc) is 2.72. The fourth-order valence-corrected chi connectivity index (χ4v) is 2.80. The van der Waals surface area contributed by atoms with Gasteiger partial charge in [0, 0.05) is 12.7 Å². The summed E-state index contributed by atoms with van der Waals surface area (Å²) in [5.41, 5.74) is -1.25. The molecular weight excluding hydrogens is 400 g/mol. The van der Waals surface area contributed by atoms with Crippen molar-refractivity contribution in [2.24, 2.45) is 7.05 Å². The molecule has 0 aliphatic rings. The summed E-state index contributed by atoms with van der Waals surface area (Å²) in [6.45, 7) is 0. The third kappa shape index (κ3) is 3.99. The van der Waals surface area contributed by atoms with Crippen LogP contribution in [0.25, 0.3) is 5.69 Å². The number of aromatic nitrogens is 3. The summed E-state index contributed by atoms with van der Waals surface area (Å²) in [4.78, 5) is 37.5. The number of methoxy groups -OCH3 is 2. The number of benzene rings is 2. The van der Waals surface area contributed by atoms with E-state index in [1.165, 1.54) is 27.3 Å². The zero-order valence-corrected chi connectivity index (χ0v) is 16.6. The van der Waals surface area contributed by atoms with Crippen LogP contribution in [0, 0.1) is 0 Å². The lowest BCUT2D eigenvalue weighted by atomic mass is 10.3. The van der Waals surface area contributed by atoms with Crippen molar-refractivity contribution in [2.75, 3.05) is 19.5 Å². The van der Waals surface area contributed by atoms with E-state index in [2.05, 4.69) is 10.4 Å². The number of halogens is 1. The SMILES string of the molecule is COc1ccc(-n2nc(C(=O)Nc3ccc(OC)c(Cl)c3)c(=O)n(C)c2=O)cc1. The maximum atomic E-state index is 12.7. The molecule has 29 heavy (non-hydrogen) atoms. The number of hydrogen-bond acceptors (Lipinski definition) is 6. The Morgan fingerprint density at radius 2 is 1.76 bits per heavy atom. The Balaban J connectivity index is 2.01. The number of anilines is 1. The number of carbonyl (C=O) groups is 1. The molecule has 0 unspecified atom stereocenters. The van der Waals surface area contributed by atoms with E-state index in [4.69, 9.17) is 21.1 Å². The molecule has 1 heterocycles. The lowest BCUT2D eigenvalue weighted by Crippen LogP contribution is -2.43. The Hall–Kier alpha value is -3.59. The van der Waals surface area contributed by atoms with Gasteiger partial charge in [-0.1, -0.05) is 11.6 Å². The summed E-state index contributed by atoms with van der Waals surface area (Å²) >= 11 is 6.05. The first-order valence-corrected chi connectivity index (χ1v) is 8.73. The van der Waals surface area contributed by atoms with E-state index in [1.54, 1.807) is 36.4 Å². The molecule has 1 amide bonds. The molecule has 9 nitrogen and oxygen atoms in total. The van der Waals surface area contributed by atoms with E-state index in [0.717, 1.165) is 9.25 Å². The van der Waals surface area contributed by atoms with Crippen molar-refractivity contribution < 1.29 is 14.3 Å². The topological polar surface area (TPSA) is 104 Å².